The van der Waals surface area contributed by atoms with Crippen molar-refractivity contribution in [3.05, 3.63) is 29.8 Å². The normalized spacial score (nSPS) is 21.8. The maximum absolute atomic E-state index is 12.7. The van der Waals surface area contributed by atoms with Gasteiger partial charge in [-0.05, 0) is 57.1 Å². The van der Waals surface area contributed by atoms with E-state index in [1.807, 2.05) is 24.3 Å². The second kappa shape index (κ2) is 8.79. The Labute approximate surface area is 150 Å². The summed E-state index contributed by atoms with van der Waals surface area (Å²) >= 11 is 0. The van der Waals surface area contributed by atoms with Crippen molar-refractivity contribution >= 4 is 5.78 Å². The maximum Gasteiger partial charge on any atom is 0.166 e. The summed E-state index contributed by atoms with van der Waals surface area (Å²) in [6.45, 7) is 9.21. The van der Waals surface area contributed by atoms with Crippen LogP contribution in [-0.4, -0.2) is 74.7 Å². The molecular formula is C20H30N2O3. The first-order valence-electron chi connectivity index (χ1n) is 9.40. The predicted molar refractivity (Wildman–Crippen MR) is 98.3 cm³/mol. The molecule has 0 N–H and O–H groups in total. The van der Waals surface area contributed by atoms with Crippen LogP contribution in [0.15, 0.2) is 24.3 Å². The first-order chi connectivity index (χ1) is 12.2. The number of morpholine rings is 1. The minimum Gasteiger partial charge on any atom is -0.497 e. The highest BCUT2D eigenvalue weighted by Gasteiger charge is 2.28. The zero-order chi connectivity index (χ0) is 17.6. The molecule has 0 bridgehead atoms. The molecule has 0 aliphatic carbocycles. The van der Waals surface area contributed by atoms with Crippen molar-refractivity contribution in [1.82, 2.24) is 9.80 Å². The van der Waals surface area contributed by atoms with Gasteiger partial charge in [0.15, 0.2) is 5.78 Å². The Balaban J connectivity index is 1.47. The lowest BCUT2D eigenvalue weighted by Gasteiger charge is -2.38. The zero-order valence-electron chi connectivity index (χ0n) is 15.4. The molecule has 2 fully saturated rings. The van der Waals surface area contributed by atoms with Gasteiger partial charge in [0.1, 0.15) is 5.75 Å². The van der Waals surface area contributed by atoms with E-state index in [4.69, 9.17) is 9.47 Å². The molecule has 0 radical (unpaired) electrons. The number of rotatable bonds is 6. The third-order valence-electron chi connectivity index (χ3n) is 5.52. The van der Waals surface area contributed by atoms with Crippen LogP contribution in [0.2, 0.25) is 0 Å². The average molecular weight is 346 g/mol. The molecule has 25 heavy (non-hydrogen) atoms. The highest BCUT2D eigenvalue weighted by Crippen LogP contribution is 2.24. The largest absolute Gasteiger partial charge is 0.497 e. The minimum absolute atomic E-state index is 0.153. The Bertz CT molecular complexity index is 547. The van der Waals surface area contributed by atoms with Crippen molar-refractivity contribution in [2.24, 2.45) is 5.92 Å². The van der Waals surface area contributed by atoms with E-state index in [-0.39, 0.29) is 11.7 Å². The molecule has 0 saturated carbocycles. The number of carbonyl (C=O) groups is 1. The monoisotopic (exact) mass is 346 g/mol. The Hall–Kier alpha value is -1.43. The molecule has 0 amide bonds. The van der Waals surface area contributed by atoms with E-state index in [2.05, 4.69) is 16.7 Å². The Morgan fingerprint density at radius 1 is 1.16 bits per heavy atom. The summed E-state index contributed by atoms with van der Waals surface area (Å²) in [6.07, 6.45) is 1.91. The van der Waals surface area contributed by atoms with E-state index in [9.17, 15) is 4.79 Å². The van der Waals surface area contributed by atoms with E-state index in [1.54, 1.807) is 7.11 Å². The summed E-state index contributed by atoms with van der Waals surface area (Å²) in [5.74, 6) is 1.23. The van der Waals surface area contributed by atoms with Crippen LogP contribution in [0, 0.1) is 5.92 Å². The minimum atomic E-state index is 0.153. The number of methoxy groups -OCH3 is 1. The van der Waals surface area contributed by atoms with Crippen LogP contribution in [0.3, 0.4) is 0 Å². The molecule has 2 aliphatic heterocycles. The van der Waals surface area contributed by atoms with Gasteiger partial charge in [0.2, 0.25) is 0 Å². The lowest BCUT2D eigenvalue weighted by atomic mass is 9.88. The van der Waals surface area contributed by atoms with Crippen molar-refractivity contribution in [3.8, 4) is 5.75 Å². The summed E-state index contributed by atoms with van der Waals surface area (Å²) in [7, 11) is 1.64. The number of ether oxygens (including phenoxy) is 2. The van der Waals surface area contributed by atoms with E-state index < -0.39 is 0 Å². The van der Waals surface area contributed by atoms with Crippen LogP contribution in [0.4, 0.5) is 0 Å². The number of hydrogen-bond acceptors (Lipinski definition) is 5. The standard InChI is InChI=1S/C20H30N2O3/c1-16(15-21-11-13-25-14-12-21)22-9-7-18(8-10-22)20(23)17-3-5-19(24-2)6-4-17/h3-6,16,18H,7-15H2,1-2H3. The molecule has 1 atom stereocenters. The summed E-state index contributed by atoms with van der Waals surface area (Å²) in [4.78, 5) is 17.7. The van der Waals surface area contributed by atoms with Gasteiger partial charge in [0, 0.05) is 37.2 Å². The molecule has 5 nitrogen and oxygen atoms in total. The van der Waals surface area contributed by atoms with Crippen LogP contribution in [0.1, 0.15) is 30.1 Å². The van der Waals surface area contributed by atoms with E-state index in [1.165, 1.54) is 0 Å². The van der Waals surface area contributed by atoms with Crippen molar-refractivity contribution in [1.29, 1.82) is 0 Å². The number of nitrogens with zero attached hydrogens (tertiary/aromatic N) is 2. The second-order valence-corrected chi connectivity index (χ2v) is 7.16. The Morgan fingerprint density at radius 2 is 1.80 bits per heavy atom. The molecule has 2 aliphatic rings. The van der Waals surface area contributed by atoms with Gasteiger partial charge in [0.05, 0.1) is 20.3 Å². The number of carbonyl (C=O) groups excluding carboxylic acids is 1. The molecule has 5 heteroatoms. The van der Waals surface area contributed by atoms with E-state index in [0.29, 0.717) is 6.04 Å². The third kappa shape index (κ3) is 4.81. The molecule has 138 valence electrons. The second-order valence-electron chi connectivity index (χ2n) is 7.16. The molecule has 3 rings (SSSR count). The zero-order valence-corrected chi connectivity index (χ0v) is 15.4. The fourth-order valence-electron chi connectivity index (χ4n) is 3.87. The first-order valence-corrected chi connectivity index (χ1v) is 9.40. The molecule has 2 saturated heterocycles. The predicted octanol–water partition coefficient (Wildman–Crippen LogP) is 2.31. The molecule has 1 aromatic rings. The number of piperidine rings is 1. The molecule has 0 aromatic heterocycles. The maximum atomic E-state index is 12.7. The number of likely N-dealkylation sites (tertiary alicyclic amines) is 1. The van der Waals surface area contributed by atoms with Gasteiger partial charge in [-0.2, -0.15) is 0 Å². The number of hydrogen-bond donors (Lipinski definition) is 0. The third-order valence-corrected chi connectivity index (χ3v) is 5.52. The highest BCUT2D eigenvalue weighted by atomic mass is 16.5. The van der Waals surface area contributed by atoms with Crippen molar-refractivity contribution < 1.29 is 14.3 Å². The van der Waals surface area contributed by atoms with Gasteiger partial charge in [-0.1, -0.05) is 0 Å². The summed E-state index contributed by atoms with van der Waals surface area (Å²) in [5, 5.41) is 0. The average Bonchev–Trinajstić information content (AvgIpc) is 2.68. The van der Waals surface area contributed by atoms with Crippen molar-refractivity contribution in [3.63, 3.8) is 0 Å². The van der Waals surface area contributed by atoms with Gasteiger partial charge >= 0.3 is 0 Å². The Morgan fingerprint density at radius 3 is 2.40 bits per heavy atom. The van der Waals surface area contributed by atoms with Gasteiger partial charge in [-0.25, -0.2) is 0 Å². The summed E-state index contributed by atoms with van der Waals surface area (Å²) in [5.41, 5.74) is 0.806. The SMILES string of the molecule is COc1ccc(C(=O)C2CCN(C(C)CN3CCOCC3)CC2)cc1. The van der Waals surface area contributed by atoms with Crippen LogP contribution >= 0.6 is 0 Å². The highest BCUT2D eigenvalue weighted by molar-refractivity contribution is 5.98. The van der Waals surface area contributed by atoms with Crippen molar-refractivity contribution in [2.75, 3.05) is 53.0 Å². The summed E-state index contributed by atoms with van der Waals surface area (Å²) < 4.78 is 10.6. The van der Waals surface area contributed by atoms with Gasteiger partial charge in [-0.3, -0.25) is 14.6 Å². The van der Waals surface area contributed by atoms with Gasteiger partial charge in [0.25, 0.3) is 0 Å². The van der Waals surface area contributed by atoms with Gasteiger partial charge in [-0.15, -0.1) is 0 Å². The van der Waals surface area contributed by atoms with E-state index >= 15 is 0 Å². The topological polar surface area (TPSA) is 42.0 Å². The molecule has 1 aromatic carbocycles. The van der Waals surface area contributed by atoms with Crippen LogP contribution in [0.5, 0.6) is 5.75 Å². The van der Waals surface area contributed by atoms with Crippen LogP contribution in [0.25, 0.3) is 0 Å². The number of benzene rings is 1. The fraction of sp³-hybridized carbons (Fsp3) is 0.650. The lowest BCUT2D eigenvalue weighted by Crippen LogP contribution is -2.49. The fourth-order valence-corrected chi connectivity index (χ4v) is 3.87. The van der Waals surface area contributed by atoms with Crippen molar-refractivity contribution in [2.45, 2.75) is 25.8 Å². The first kappa shape index (κ1) is 18.4. The molecule has 2 heterocycles. The lowest BCUT2D eigenvalue weighted by molar-refractivity contribution is 0.0204. The van der Waals surface area contributed by atoms with Crippen LogP contribution in [-0.2, 0) is 4.74 Å². The van der Waals surface area contributed by atoms with Gasteiger partial charge < -0.3 is 9.47 Å². The smallest absolute Gasteiger partial charge is 0.166 e. The molecule has 0 spiro atoms. The Kier molecular flexibility index (Phi) is 6.45. The molecular weight excluding hydrogens is 316 g/mol. The summed E-state index contributed by atoms with van der Waals surface area (Å²) in [6, 6.07) is 8.04. The molecule has 1 unspecified atom stereocenters. The number of Topliss-reactive ketones (excluding diaryl/α,β-unsaturated/α-hetero) is 1. The quantitative estimate of drug-likeness (QED) is 0.740. The van der Waals surface area contributed by atoms with E-state index in [0.717, 1.165) is 70.1 Å². The number of ketones is 1. The van der Waals surface area contributed by atoms with Crippen LogP contribution < -0.4 is 4.74 Å².